The molecule has 0 aliphatic carbocycles. The van der Waals surface area contributed by atoms with Crippen LogP contribution < -0.4 is 10.1 Å². The topological polar surface area (TPSA) is 71.5 Å². The maximum atomic E-state index is 13.2. The van der Waals surface area contributed by atoms with E-state index in [0.717, 1.165) is 11.1 Å². The first-order valence-corrected chi connectivity index (χ1v) is 8.99. The maximum absolute atomic E-state index is 13.2. The van der Waals surface area contributed by atoms with Gasteiger partial charge in [0.1, 0.15) is 5.82 Å². The van der Waals surface area contributed by atoms with E-state index in [1.165, 1.54) is 12.1 Å². The molecule has 0 bridgehead atoms. The largest absolute Gasteiger partial charge is 0.477 e. The molecule has 6 heteroatoms. The van der Waals surface area contributed by atoms with E-state index in [2.05, 4.69) is 10.3 Å². The Morgan fingerprint density at radius 1 is 1.07 bits per heavy atom. The van der Waals surface area contributed by atoms with E-state index >= 15 is 0 Å². The van der Waals surface area contributed by atoms with Gasteiger partial charge in [0.15, 0.2) is 0 Å². The first-order valence-electron chi connectivity index (χ1n) is 8.99. The molecule has 1 amide bonds. The van der Waals surface area contributed by atoms with Gasteiger partial charge in [-0.2, -0.15) is 0 Å². The van der Waals surface area contributed by atoms with Crippen molar-refractivity contribution in [2.45, 2.75) is 6.42 Å². The van der Waals surface area contributed by atoms with Crippen LogP contribution in [-0.2, 0) is 6.42 Å². The fourth-order valence-electron chi connectivity index (χ4n) is 2.71. The van der Waals surface area contributed by atoms with Gasteiger partial charge in [0.05, 0.1) is 18.9 Å². The van der Waals surface area contributed by atoms with Gasteiger partial charge in [-0.15, -0.1) is 0 Å². The Labute approximate surface area is 162 Å². The number of aliphatic hydroxyl groups excluding tert-OH is 1. The standard InChI is InChI=1S/C22H21FN2O3/c23-19-7-1-4-16(14-19)10-13-28-21-9-3-8-20(25-21)17-5-2-6-18(15-17)22(27)24-11-12-26/h1-9,14-15,26H,10-13H2,(H,24,27). The second kappa shape index (κ2) is 9.62. The summed E-state index contributed by atoms with van der Waals surface area (Å²) < 4.78 is 18.9. The third kappa shape index (κ3) is 5.37. The van der Waals surface area contributed by atoms with Gasteiger partial charge < -0.3 is 15.2 Å². The van der Waals surface area contributed by atoms with Crippen molar-refractivity contribution < 1.29 is 19.0 Å². The van der Waals surface area contributed by atoms with Gasteiger partial charge in [-0.1, -0.05) is 30.3 Å². The molecule has 0 unspecified atom stereocenters. The van der Waals surface area contributed by atoms with Crippen LogP contribution in [0.15, 0.2) is 66.7 Å². The zero-order valence-electron chi connectivity index (χ0n) is 15.3. The van der Waals surface area contributed by atoms with Gasteiger partial charge >= 0.3 is 0 Å². The number of aliphatic hydroxyl groups is 1. The highest BCUT2D eigenvalue weighted by molar-refractivity contribution is 5.95. The second-order valence-electron chi connectivity index (χ2n) is 6.15. The number of ether oxygens (including phenoxy) is 1. The maximum Gasteiger partial charge on any atom is 0.251 e. The van der Waals surface area contributed by atoms with E-state index in [9.17, 15) is 9.18 Å². The lowest BCUT2D eigenvalue weighted by Crippen LogP contribution is -2.26. The zero-order valence-corrected chi connectivity index (χ0v) is 15.3. The van der Waals surface area contributed by atoms with Gasteiger partial charge in [0.2, 0.25) is 5.88 Å². The molecule has 0 saturated heterocycles. The predicted molar refractivity (Wildman–Crippen MR) is 105 cm³/mol. The van der Waals surface area contributed by atoms with Crippen molar-refractivity contribution in [2.24, 2.45) is 0 Å². The molecule has 0 aliphatic heterocycles. The number of amides is 1. The molecule has 1 heterocycles. The predicted octanol–water partition coefficient (Wildman–Crippen LogP) is 3.23. The summed E-state index contributed by atoms with van der Waals surface area (Å²) in [5.41, 5.74) is 2.82. The summed E-state index contributed by atoms with van der Waals surface area (Å²) in [6, 6.07) is 18.9. The SMILES string of the molecule is O=C(NCCO)c1cccc(-c2cccc(OCCc3cccc(F)c3)n2)c1. The van der Waals surface area contributed by atoms with Gasteiger partial charge in [-0.25, -0.2) is 9.37 Å². The third-order valence-electron chi connectivity index (χ3n) is 4.07. The minimum absolute atomic E-state index is 0.109. The van der Waals surface area contributed by atoms with Gasteiger partial charge in [0, 0.05) is 30.2 Å². The lowest BCUT2D eigenvalue weighted by Gasteiger charge is -2.09. The molecule has 1 aromatic heterocycles. The summed E-state index contributed by atoms with van der Waals surface area (Å²) in [7, 11) is 0. The first-order chi connectivity index (χ1) is 13.7. The molecule has 0 fully saturated rings. The molecule has 3 rings (SSSR count). The van der Waals surface area contributed by atoms with Crippen LogP contribution in [0.5, 0.6) is 5.88 Å². The molecule has 0 aliphatic rings. The average Bonchev–Trinajstić information content (AvgIpc) is 2.72. The molecule has 0 saturated carbocycles. The Kier molecular flexibility index (Phi) is 6.70. The van der Waals surface area contributed by atoms with Gasteiger partial charge in [0.25, 0.3) is 5.91 Å². The van der Waals surface area contributed by atoms with Crippen LogP contribution >= 0.6 is 0 Å². The number of aromatic nitrogens is 1. The smallest absolute Gasteiger partial charge is 0.251 e. The Morgan fingerprint density at radius 2 is 1.89 bits per heavy atom. The number of carbonyl (C=O) groups excluding carboxylic acids is 1. The Bertz CT molecular complexity index is 946. The molecular formula is C22H21FN2O3. The minimum atomic E-state index is -0.263. The van der Waals surface area contributed by atoms with Crippen LogP contribution in [0.1, 0.15) is 15.9 Å². The highest BCUT2D eigenvalue weighted by Gasteiger charge is 2.08. The quantitative estimate of drug-likeness (QED) is 0.629. The summed E-state index contributed by atoms with van der Waals surface area (Å²) in [6.07, 6.45) is 0.574. The van der Waals surface area contributed by atoms with Crippen molar-refractivity contribution >= 4 is 5.91 Å². The van der Waals surface area contributed by atoms with Crippen molar-refractivity contribution in [3.63, 3.8) is 0 Å². The molecule has 0 radical (unpaired) electrons. The monoisotopic (exact) mass is 380 g/mol. The Balaban J connectivity index is 1.66. The number of rotatable bonds is 8. The molecule has 0 spiro atoms. The average molecular weight is 380 g/mol. The molecule has 5 nitrogen and oxygen atoms in total. The van der Waals surface area contributed by atoms with E-state index in [1.54, 1.807) is 30.3 Å². The van der Waals surface area contributed by atoms with Crippen LogP contribution in [0.4, 0.5) is 4.39 Å². The highest BCUT2D eigenvalue weighted by Crippen LogP contribution is 2.21. The van der Waals surface area contributed by atoms with E-state index in [0.29, 0.717) is 30.2 Å². The summed E-state index contributed by atoms with van der Waals surface area (Å²) in [6.45, 7) is 0.474. The zero-order chi connectivity index (χ0) is 19.8. The van der Waals surface area contributed by atoms with Crippen LogP contribution in [-0.4, -0.2) is 35.8 Å². The molecule has 28 heavy (non-hydrogen) atoms. The number of carbonyl (C=O) groups is 1. The third-order valence-corrected chi connectivity index (χ3v) is 4.07. The second-order valence-corrected chi connectivity index (χ2v) is 6.15. The molecule has 3 aromatic rings. The molecule has 0 atom stereocenters. The fourth-order valence-corrected chi connectivity index (χ4v) is 2.71. The van der Waals surface area contributed by atoms with E-state index in [4.69, 9.17) is 9.84 Å². The van der Waals surface area contributed by atoms with Crippen molar-refractivity contribution in [1.82, 2.24) is 10.3 Å². The molecule has 144 valence electrons. The number of hydrogen-bond acceptors (Lipinski definition) is 4. The molecular weight excluding hydrogens is 359 g/mol. The number of nitrogens with zero attached hydrogens (tertiary/aromatic N) is 1. The van der Waals surface area contributed by atoms with E-state index < -0.39 is 0 Å². The van der Waals surface area contributed by atoms with Crippen LogP contribution in [0.3, 0.4) is 0 Å². The lowest BCUT2D eigenvalue weighted by atomic mass is 10.1. The Hall–Kier alpha value is -3.25. The number of benzene rings is 2. The van der Waals surface area contributed by atoms with Crippen LogP contribution in [0, 0.1) is 5.82 Å². The number of nitrogens with one attached hydrogen (secondary N) is 1. The minimum Gasteiger partial charge on any atom is -0.477 e. The summed E-state index contributed by atoms with van der Waals surface area (Å²) in [4.78, 5) is 16.5. The van der Waals surface area contributed by atoms with Crippen molar-refractivity contribution in [3.05, 3.63) is 83.7 Å². The van der Waals surface area contributed by atoms with Crippen LogP contribution in [0.25, 0.3) is 11.3 Å². The first kappa shape index (κ1) is 19.5. The van der Waals surface area contributed by atoms with Gasteiger partial charge in [-0.3, -0.25) is 4.79 Å². The van der Waals surface area contributed by atoms with Crippen LogP contribution in [0.2, 0.25) is 0 Å². The highest BCUT2D eigenvalue weighted by atomic mass is 19.1. The number of hydrogen-bond donors (Lipinski definition) is 2. The Morgan fingerprint density at radius 3 is 2.71 bits per heavy atom. The summed E-state index contributed by atoms with van der Waals surface area (Å²) in [5.74, 6) is -0.0528. The number of pyridine rings is 1. The molecule has 2 aromatic carbocycles. The fraction of sp³-hybridized carbons (Fsp3) is 0.182. The summed E-state index contributed by atoms with van der Waals surface area (Å²) in [5, 5.41) is 11.5. The van der Waals surface area contributed by atoms with Crippen molar-refractivity contribution in [1.29, 1.82) is 0 Å². The van der Waals surface area contributed by atoms with Gasteiger partial charge in [-0.05, 0) is 35.9 Å². The summed E-state index contributed by atoms with van der Waals surface area (Å²) >= 11 is 0. The molecule has 2 N–H and O–H groups in total. The normalized spacial score (nSPS) is 10.5. The van der Waals surface area contributed by atoms with Crippen molar-refractivity contribution in [3.8, 4) is 17.1 Å². The van der Waals surface area contributed by atoms with Crippen molar-refractivity contribution in [2.75, 3.05) is 19.8 Å². The van der Waals surface area contributed by atoms with E-state index in [-0.39, 0.29) is 24.9 Å². The van der Waals surface area contributed by atoms with E-state index in [1.807, 2.05) is 24.3 Å². The lowest BCUT2D eigenvalue weighted by molar-refractivity contribution is 0.0945. The number of halogens is 1.